The zero-order chi connectivity index (χ0) is 13.7. The Hall–Kier alpha value is -0.770. The normalized spacial score (nSPS) is 20.5. The lowest BCUT2D eigenvalue weighted by atomic mass is 10.0. The van der Waals surface area contributed by atoms with Crippen LogP contribution in [-0.2, 0) is 4.74 Å². The fraction of sp³-hybridized carbons (Fsp3) is 0.600. The predicted molar refractivity (Wildman–Crippen MR) is 78.1 cm³/mol. The van der Waals surface area contributed by atoms with E-state index in [-0.39, 0.29) is 6.10 Å². The molecule has 4 heteroatoms. The van der Waals surface area contributed by atoms with E-state index in [0.717, 1.165) is 35.8 Å². The Morgan fingerprint density at radius 3 is 3.00 bits per heavy atom. The lowest BCUT2D eigenvalue weighted by Crippen LogP contribution is -2.33. The molecule has 0 saturated carbocycles. The lowest BCUT2D eigenvalue weighted by molar-refractivity contribution is 0.0288. The molecule has 0 amide bonds. The molecule has 106 valence electrons. The quantitative estimate of drug-likeness (QED) is 0.870. The number of hydrogen-bond donors (Lipinski definition) is 1. The zero-order valence-corrected chi connectivity index (χ0v) is 12.4. The van der Waals surface area contributed by atoms with Crippen LogP contribution in [0, 0.1) is 12.8 Å². The van der Waals surface area contributed by atoms with E-state index in [9.17, 15) is 0 Å². The Morgan fingerprint density at radius 1 is 1.47 bits per heavy atom. The highest BCUT2D eigenvalue weighted by atomic mass is 35.5. The Kier molecular flexibility index (Phi) is 5.49. The van der Waals surface area contributed by atoms with Gasteiger partial charge in [-0.2, -0.15) is 0 Å². The second-order valence-corrected chi connectivity index (χ2v) is 5.34. The first-order chi connectivity index (χ1) is 9.22. The number of ether oxygens (including phenoxy) is 2. The van der Waals surface area contributed by atoms with Gasteiger partial charge in [-0.1, -0.05) is 17.7 Å². The second kappa shape index (κ2) is 7.13. The molecule has 1 saturated heterocycles. The third kappa shape index (κ3) is 3.85. The minimum Gasteiger partial charge on any atom is -0.487 e. The summed E-state index contributed by atoms with van der Waals surface area (Å²) in [5, 5.41) is 4.13. The van der Waals surface area contributed by atoms with Crippen molar-refractivity contribution < 1.29 is 9.47 Å². The van der Waals surface area contributed by atoms with Crippen molar-refractivity contribution in [2.45, 2.75) is 26.4 Å². The van der Waals surface area contributed by atoms with E-state index >= 15 is 0 Å². The van der Waals surface area contributed by atoms with Gasteiger partial charge >= 0.3 is 0 Å². The maximum atomic E-state index is 6.16. The van der Waals surface area contributed by atoms with Crippen LogP contribution in [0.3, 0.4) is 0 Å². The van der Waals surface area contributed by atoms with Crippen molar-refractivity contribution in [3.63, 3.8) is 0 Å². The summed E-state index contributed by atoms with van der Waals surface area (Å²) in [7, 11) is 0. The first kappa shape index (κ1) is 14.6. The van der Waals surface area contributed by atoms with Gasteiger partial charge in [0.25, 0.3) is 0 Å². The number of benzene rings is 1. The van der Waals surface area contributed by atoms with Crippen LogP contribution in [0.15, 0.2) is 18.2 Å². The van der Waals surface area contributed by atoms with Crippen LogP contribution in [0.25, 0.3) is 0 Å². The van der Waals surface area contributed by atoms with Gasteiger partial charge in [0.2, 0.25) is 0 Å². The van der Waals surface area contributed by atoms with E-state index in [1.807, 2.05) is 32.0 Å². The van der Waals surface area contributed by atoms with Crippen molar-refractivity contribution in [1.82, 2.24) is 5.32 Å². The summed E-state index contributed by atoms with van der Waals surface area (Å²) in [4.78, 5) is 0. The van der Waals surface area contributed by atoms with Gasteiger partial charge in [-0.15, -0.1) is 0 Å². The van der Waals surface area contributed by atoms with Crippen LogP contribution >= 0.6 is 11.6 Å². The lowest BCUT2D eigenvalue weighted by Gasteiger charge is -2.25. The van der Waals surface area contributed by atoms with Crippen molar-refractivity contribution in [2.75, 3.05) is 26.3 Å². The van der Waals surface area contributed by atoms with Crippen LogP contribution in [0.1, 0.15) is 18.9 Å². The summed E-state index contributed by atoms with van der Waals surface area (Å²) in [6, 6.07) is 5.79. The van der Waals surface area contributed by atoms with E-state index in [2.05, 4.69) is 5.32 Å². The molecule has 19 heavy (non-hydrogen) atoms. The van der Waals surface area contributed by atoms with Gasteiger partial charge in [-0.3, -0.25) is 0 Å². The Bertz CT molecular complexity index is 405. The topological polar surface area (TPSA) is 30.5 Å². The third-order valence-corrected chi connectivity index (χ3v) is 4.02. The minimum absolute atomic E-state index is 0.0899. The average Bonchev–Trinajstić information content (AvgIpc) is 2.93. The highest BCUT2D eigenvalue weighted by molar-refractivity contribution is 6.31. The van der Waals surface area contributed by atoms with E-state index in [1.165, 1.54) is 0 Å². The Balaban J connectivity index is 2.07. The van der Waals surface area contributed by atoms with Crippen LogP contribution in [0.5, 0.6) is 5.75 Å². The zero-order valence-electron chi connectivity index (χ0n) is 11.6. The average molecular weight is 284 g/mol. The molecule has 2 atom stereocenters. The fourth-order valence-corrected chi connectivity index (χ4v) is 2.54. The fourth-order valence-electron chi connectivity index (χ4n) is 2.37. The molecule has 1 fully saturated rings. The molecule has 0 radical (unpaired) electrons. The van der Waals surface area contributed by atoms with Gasteiger partial charge in [0.15, 0.2) is 0 Å². The molecule has 3 nitrogen and oxygen atoms in total. The van der Waals surface area contributed by atoms with E-state index in [4.69, 9.17) is 21.1 Å². The van der Waals surface area contributed by atoms with Gasteiger partial charge in [-0.25, -0.2) is 0 Å². The molecule has 0 spiro atoms. The molecule has 1 aliphatic heterocycles. The van der Waals surface area contributed by atoms with Crippen molar-refractivity contribution in [1.29, 1.82) is 0 Å². The van der Waals surface area contributed by atoms with Crippen LogP contribution in [0.2, 0.25) is 5.02 Å². The SMILES string of the molecule is CCOC[C@@H](Oc1cccc(Cl)c1C)C1CCNC1. The molecule has 1 unspecified atom stereocenters. The number of halogens is 1. The summed E-state index contributed by atoms with van der Waals surface area (Å²) >= 11 is 6.14. The first-order valence-electron chi connectivity index (χ1n) is 6.92. The smallest absolute Gasteiger partial charge is 0.126 e. The molecule has 1 N–H and O–H groups in total. The number of hydrogen-bond acceptors (Lipinski definition) is 3. The summed E-state index contributed by atoms with van der Waals surface area (Å²) in [5.74, 6) is 1.37. The minimum atomic E-state index is 0.0899. The standard InChI is InChI=1S/C15H22ClNO2/c1-3-18-10-15(12-7-8-17-9-12)19-14-6-4-5-13(16)11(14)2/h4-6,12,15,17H,3,7-10H2,1-2H3/t12?,15-/m1/s1. The van der Waals surface area contributed by atoms with Gasteiger partial charge in [0.1, 0.15) is 11.9 Å². The maximum absolute atomic E-state index is 6.16. The van der Waals surface area contributed by atoms with Gasteiger partial charge in [-0.05, 0) is 38.9 Å². The van der Waals surface area contributed by atoms with Crippen LogP contribution in [0.4, 0.5) is 0 Å². The predicted octanol–water partition coefficient (Wildman–Crippen LogP) is 3.04. The van der Waals surface area contributed by atoms with Crippen LogP contribution < -0.4 is 10.1 Å². The Morgan fingerprint density at radius 2 is 2.32 bits per heavy atom. The molecular formula is C15H22ClNO2. The monoisotopic (exact) mass is 283 g/mol. The summed E-state index contributed by atoms with van der Waals surface area (Å²) in [5.41, 5.74) is 0.997. The van der Waals surface area contributed by atoms with E-state index < -0.39 is 0 Å². The van der Waals surface area contributed by atoms with E-state index in [0.29, 0.717) is 19.1 Å². The van der Waals surface area contributed by atoms with E-state index in [1.54, 1.807) is 0 Å². The molecule has 1 aliphatic rings. The first-order valence-corrected chi connectivity index (χ1v) is 7.30. The largest absolute Gasteiger partial charge is 0.487 e. The highest BCUT2D eigenvalue weighted by Crippen LogP contribution is 2.28. The van der Waals surface area contributed by atoms with Crippen molar-refractivity contribution >= 4 is 11.6 Å². The van der Waals surface area contributed by atoms with Gasteiger partial charge in [0, 0.05) is 29.7 Å². The second-order valence-electron chi connectivity index (χ2n) is 4.93. The summed E-state index contributed by atoms with van der Waals surface area (Å²) in [6.07, 6.45) is 1.23. The third-order valence-electron chi connectivity index (χ3n) is 3.61. The summed E-state index contributed by atoms with van der Waals surface area (Å²) < 4.78 is 11.7. The van der Waals surface area contributed by atoms with Crippen molar-refractivity contribution in [3.8, 4) is 5.75 Å². The molecule has 0 aliphatic carbocycles. The molecular weight excluding hydrogens is 262 g/mol. The molecule has 1 aromatic rings. The maximum Gasteiger partial charge on any atom is 0.126 e. The summed E-state index contributed by atoms with van der Waals surface area (Å²) in [6.45, 7) is 7.41. The van der Waals surface area contributed by atoms with Crippen molar-refractivity contribution in [2.24, 2.45) is 5.92 Å². The van der Waals surface area contributed by atoms with Gasteiger partial charge < -0.3 is 14.8 Å². The molecule has 1 heterocycles. The highest BCUT2D eigenvalue weighted by Gasteiger charge is 2.27. The molecule has 2 rings (SSSR count). The van der Waals surface area contributed by atoms with Gasteiger partial charge in [0.05, 0.1) is 6.61 Å². The van der Waals surface area contributed by atoms with Crippen molar-refractivity contribution in [3.05, 3.63) is 28.8 Å². The molecule has 0 bridgehead atoms. The molecule has 0 aromatic heterocycles. The van der Waals surface area contributed by atoms with Crippen LogP contribution in [-0.4, -0.2) is 32.4 Å². The number of rotatable bonds is 6. The Labute approximate surface area is 120 Å². The molecule has 1 aromatic carbocycles. The number of nitrogens with one attached hydrogen (secondary N) is 1.